The number of amides is 2. The summed E-state index contributed by atoms with van der Waals surface area (Å²) in [5.41, 5.74) is 2.43. The number of nitrogens with zero attached hydrogens (tertiary/aromatic N) is 1. The number of rotatable bonds is 7. The Hall–Kier alpha value is -4.43. The number of hydrogen-bond donors (Lipinski definition) is 1. The Kier molecular flexibility index (Phi) is 8.11. The molecule has 4 rings (SSSR count). The second kappa shape index (κ2) is 11.4. The van der Waals surface area contributed by atoms with Gasteiger partial charge in [-0.1, -0.05) is 62.2 Å². The lowest BCUT2D eigenvalue weighted by atomic mass is 9.85. The third-order valence-corrected chi connectivity index (χ3v) is 6.55. The van der Waals surface area contributed by atoms with Gasteiger partial charge >= 0.3 is 11.9 Å². The van der Waals surface area contributed by atoms with E-state index in [4.69, 9.17) is 21.1 Å². The van der Waals surface area contributed by atoms with Crippen LogP contribution in [0.15, 0.2) is 77.5 Å². The quantitative estimate of drug-likeness (QED) is 0.211. The highest BCUT2D eigenvalue weighted by atomic mass is 35.5. The molecule has 1 heterocycles. The van der Waals surface area contributed by atoms with Crippen molar-refractivity contribution in [3.8, 4) is 5.75 Å². The molecule has 0 atom stereocenters. The number of hydrogen-bond acceptors (Lipinski definition) is 7. The van der Waals surface area contributed by atoms with Crippen LogP contribution >= 0.6 is 11.6 Å². The van der Waals surface area contributed by atoms with Crippen molar-refractivity contribution in [1.82, 2.24) is 0 Å². The zero-order valence-corrected chi connectivity index (χ0v) is 23.6. The summed E-state index contributed by atoms with van der Waals surface area (Å²) in [7, 11) is 0. The van der Waals surface area contributed by atoms with Crippen LogP contribution < -0.4 is 15.0 Å². The van der Waals surface area contributed by atoms with Gasteiger partial charge in [0.05, 0.1) is 23.4 Å². The molecule has 0 spiro atoms. The number of carbonyl (C=O) groups excluding carboxylic acids is 4. The first-order chi connectivity index (χ1) is 18.9. The first-order valence-corrected chi connectivity index (χ1v) is 13.0. The summed E-state index contributed by atoms with van der Waals surface area (Å²) in [6, 6.07) is 18.0. The minimum atomic E-state index is -0.779. The lowest BCUT2D eigenvalue weighted by Gasteiger charge is -2.22. The second-order valence-electron chi connectivity index (χ2n) is 10.2. The van der Waals surface area contributed by atoms with Gasteiger partial charge in [-0.3, -0.25) is 9.59 Å². The van der Waals surface area contributed by atoms with Gasteiger partial charge in [0, 0.05) is 11.3 Å². The van der Waals surface area contributed by atoms with Crippen molar-refractivity contribution in [3.63, 3.8) is 0 Å². The maximum Gasteiger partial charge on any atom is 0.343 e. The Balaban J connectivity index is 1.52. The normalized spacial score (nSPS) is 13.5. The molecule has 0 fully saturated rings. The van der Waals surface area contributed by atoms with Crippen molar-refractivity contribution < 1.29 is 28.7 Å². The van der Waals surface area contributed by atoms with Crippen molar-refractivity contribution >= 4 is 46.7 Å². The van der Waals surface area contributed by atoms with E-state index in [0.29, 0.717) is 17.0 Å². The molecule has 3 aromatic rings. The molecule has 1 N–H and O–H groups in total. The van der Waals surface area contributed by atoms with E-state index in [-0.39, 0.29) is 34.0 Å². The Morgan fingerprint density at radius 3 is 2.25 bits per heavy atom. The van der Waals surface area contributed by atoms with E-state index in [1.807, 2.05) is 39.8 Å². The van der Waals surface area contributed by atoms with Crippen molar-refractivity contribution in [2.75, 3.05) is 16.8 Å². The van der Waals surface area contributed by atoms with Gasteiger partial charge in [0.15, 0.2) is 0 Å². The Labute approximate surface area is 237 Å². The van der Waals surface area contributed by atoms with Crippen LogP contribution in [0.25, 0.3) is 0 Å². The molecule has 0 saturated heterocycles. The molecule has 40 heavy (non-hydrogen) atoms. The predicted octanol–water partition coefficient (Wildman–Crippen LogP) is 6.12. The molecular weight excluding hydrogens is 532 g/mol. The molecule has 0 aliphatic carbocycles. The van der Waals surface area contributed by atoms with Crippen LogP contribution in [0.1, 0.15) is 59.5 Å². The van der Waals surface area contributed by atoms with Crippen molar-refractivity contribution in [2.24, 2.45) is 0 Å². The molecule has 8 nitrogen and oxygen atoms in total. The predicted molar refractivity (Wildman–Crippen MR) is 153 cm³/mol. The topological polar surface area (TPSA) is 102 Å². The van der Waals surface area contributed by atoms with Crippen molar-refractivity contribution in [3.05, 3.63) is 99.7 Å². The molecular formula is C31H29ClN2O6. The van der Waals surface area contributed by atoms with Gasteiger partial charge in [0.25, 0.3) is 11.8 Å². The van der Waals surface area contributed by atoms with Gasteiger partial charge in [-0.05, 0) is 61.7 Å². The summed E-state index contributed by atoms with van der Waals surface area (Å²) in [4.78, 5) is 52.3. The molecule has 3 aromatic carbocycles. The highest BCUT2D eigenvalue weighted by Crippen LogP contribution is 2.34. The number of carbonyl (C=O) groups is 4. The first-order valence-electron chi connectivity index (χ1n) is 12.7. The van der Waals surface area contributed by atoms with E-state index in [1.165, 1.54) is 12.1 Å². The molecule has 0 bridgehead atoms. The maximum atomic E-state index is 13.3. The average Bonchev–Trinajstić information content (AvgIpc) is 3.12. The van der Waals surface area contributed by atoms with Crippen LogP contribution in [0, 0.1) is 6.92 Å². The fourth-order valence-corrected chi connectivity index (χ4v) is 4.40. The van der Waals surface area contributed by atoms with Gasteiger partial charge in [-0.25, -0.2) is 14.5 Å². The van der Waals surface area contributed by atoms with Gasteiger partial charge in [-0.2, -0.15) is 0 Å². The number of halogens is 1. The van der Waals surface area contributed by atoms with E-state index in [0.717, 1.165) is 16.0 Å². The van der Waals surface area contributed by atoms with E-state index < -0.39 is 23.8 Å². The van der Waals surface area contributed by atoms with Crippen LogP contribution in [-0.4, -0.2) is 30.4 Å². The number of ether oxygens (including phenoxy) is 2. The van der Waals surface area contributed by atoms with E-state index in [2.05, 4.69) is 5.32 Å². The number of para-hydroxylation sites is 1. The minimum absolute atomic E-state index is 0.0582. The van der Waals surface area contributed by atoms with Crippen LogP contribution in [-0.2, 0) is 19.7 Å². The third-order valence-electron chi connectivity index (χ3n) is 6.20. The summed E-state index contributed by atoms with van der Waals surface area (Å²) in [6.45, 7) is 9.91. The molecule has 2 amide bonds. The largest absolute Gasteiger partial charge is 0.462 e. The van der Waals surface area contributed by atoms with Gasteiger partial charge in [0.2, 0.25) is 0 Å². The van der Waals surface area contributed by atoms with Crippen LogP contribution in [0.4, 0.5) is 11.4 Å². The number of benzene rings is 3. The maximum absolute atomic E-state index is 13.3. The molecule has 9 heteroatoms. The summed E-state index contributed by atoms with van der Waals surface area (Å²) in [5.74, 6) is -2.23. The standard InChI is InChI=1S/C31H29ClN2O6/c1-6-39-30(38)21-9-7-8-10-23(21)34-27(35)25(32)26(28(34)36)33-20-14-12-19(13-15-20)29(37)40-24-16-11-18(2)17-22(24)31(3,4)5/h7-17,33H,6H2,1-5H3. The van der Waals surface area contributed by atoms with Crippen molar-refractivity contribution in [1.29, 1.82) is 0 Å². The lowest BCUT2D eigenvalue weighted by Crippen LogP contribution is -2.33. The van der Waals surface area contributed by atoms with Crippen LogP contribution in [0.2, 0.25) is 0 Å². The highest BCUT2D eigenvalue weighted by molar-refractivity contribution is 6.53. The summed E-state index contributed by atoms with van der Waals surface area (Å²) in [6.07, 6.45) is 0. The molecule has 206 valence electrons. The SMILES string of the molecule is CCOC(=O)c1ccccc1N1C(=O)C(Cl)=C(Nc2ccc(C(=O)Oc3ccc(C)cc3C(C)(C)C)cc2)C1=O. The fraction of sp³-hybridized carbons (Fsp3) is 0.226. The highest BCUT2D eigenvalue weighted by Gasteiger charge is 2.40. The number of aryl methyl sites for hydroxylation is 1. The summed E-state index contributed by atoms with van der Waals surface area (Å²) < 4.78 is 10.8. The third kappa shape index (κ3) is 5.77. The summed E-state index contributed by atoms with van der Waals surface area (Å²) in [5, 5.41) is 2.53. The molecule has 0 aromatic heterocycles. The molecule has 1 aliphatic heterocycles. The Morgan fingerprint density at radius 1 is 0.925 bits per heavy atom. The molecule has 0 unspecified atom stereocenters. The van der Waals surface area contributed by atoms with Gasteiger partial charge in [0.1, 0.15) is 16.5 Å². The zero-order chi connectivity index (χ0) is 29.2. The zero-order valence-electron chi connectivity index (χ0n) is 22.8. The van der Waals surface area contributed by atoms with Crippen molar-refractivity contribution in [2.45, 2.75) is 40.0 Å². The number of anilines is 2. The first kappa shape index (κ1) is 28.6. The number of esters is 2. The van der Waals surface area contributed by atoms with Gasteiger partial charge in [-0.15, -0.1) is 0 Å². The number of imide groups is 1. The smallest absolute Gasteiger partial charge is 0.343 e. The molecule has 1 aliphatic rings. The molecule has 0 saturated carbocycles. The summed E-state index contributed by atoms with van der Waals surface area (Å²) >= 11 is 6.26. The van der Waals surface area contributed by atoms with Crippen LogP contribution in [0.5, 0.6) is 5.75 Å². The van der Waals surface area contributed by atoms with E-state index in [1.54, 1.807) is 49.4 Å². The lowest BCUT2D eigenvalue weighted by molar-refractivity contribution is -0.120. The second-order valence-corrected chi connectivity index (χ2v) is 10.6. The van der Waals surface area contributed by atoms with E-state index in [9.17, 15) is 19.2 Å². The monoisotopic (exact) mass is 560 g/mol. The van der Waals surface area contributed by atoms with E-state index >= 15 is 0 Å². The minimum Gasteiger partial charge on any atom is -0.462 e. The Bertz CT molecular complexity index is 1540. The Morgan fingerprint density at radius 2 is 1.60 bits per heavy atom. The van der Waals surface area contributed by atoms with Gasteiger partial charge < -0.3 is 14.8 Å². The van der Waals surface area contributed by atoms with Crippen LogP contribution in [0.3, 0.4) is 0 Å². The number of nitrogens with one attached hydrogen (secondary N) is 1. The average molecular weight is 561 g/mol. The molecule has 0 radical (unpaired) electrons. The fourth-order valence-electron chi connectivity index (χ4n) is 4.19.